The molecule has 0 radical (unpaired) electrons. The van der Waals surface area contributed by atoms with Gasteiger partial charge in [0, 0.05) is 23.2 Å². The summed E-state index contributed by atoms with van der Waals surface area (Å²) in [5, 5.41) is 7.03. The van der Waals surface area contributed by atoms with Crippen molar-refractivity contribution in [3.8, 4) is 0 Å². The van der Waals surface area contributed by atoms with Gasteiger partial charge in [-0.05, 0) is 42.9 Å². The van der Waals surface area contributed by atoms with E-state index in [4.69, 9.17) is 18.0 Å². The summed E-state index contributed by atoms with van der Waals surface area (Å²) in [6.45, 7) is 0. The summed E-state index contributed by atoms with van der Waals surface area (Å²) in [6.07, 6.45) is 6.26. The van der Waals surface area contributed by atoms with Crippen molar-refractivity contribution in [2.45, 2.75) is 31.6 Å². The zero-order valence-electron chi connectivity index (χ0n) is 11.7. The van der Waals surface area contributed by atoms with Gasteiger partial charge >= 0.3 is 0 Å². The number of hydrogen-bond donors (Lipinski definition) is 2. The van der Waals surface area contributed by atoms with Crippen molar-refractivity contribution >= 4 is 33.8 Å². The van der Waals surface area contributed by atoms with Gasteiger partial charge in [-0.25, -0.2) is 0 Å². The zero-order chi connectivity index (χ0) is 14.7. The summed E-state index contributed by atoms with van der Waals surface area (Å²) < 4.78 is 0. The molecule has 1 aliphatic carbocycles. The molecule has 1 heterocycles. The summed E-state index contributed by atoms with van der Waals surface area (Å²) in [4.78, 5) is 4.64. The van der Waals surface area contributed by atoms with Crippen LogP contribution in [0.15, 0.2) is 41.6 Å². The Morgan fingerprint density at radius 3 is 3.00 bits per heavy atom. The average molecular weight is 298 g/mol. The molecule has 0 saturated heterocycles. The van der Waals surface area contributed by atoms with Gasteiger partial charge < -0.3 is 5.73 Å². The van der Waals surface area contributed by atoms with Crippen molar-refractivity contribution < 1.29 is 0 Å². The lowest BCUT2D eigenvalue weighted by Crippen LogP contribution is -2.28. The first kappa shape index (κ1) is 13.9. The standard InChI is InChI=1S/C16H18N4S/c17-16(21)20-19-14-8-4-3-7-13(14)15-12-6-2-1-5-11(12)9-10-18-15/h1-2,5-6,9-10,13H,3-4,7-8H2,(H3,17,20,21). The van der Waals surface area contributed by atoms with Crippen LogP contribution in [0, 0.1) is 0 Å². The van der Waals surface area contributed by atoms with Crippen LogP contribution in [0.25, 0.3) is 10.8 Å². The van der Waals surface area contributed by atoms with Crippen LogP contribution in [-0.4, -0.2) is 15.8 Å². The smallest absolute Gasteiger partial charge is 0.184 e. The van der Waals surface area contributed by atoms with Crippen LogP contribution in [0.5, 0.6) is 0 Å². The van der Waals surface area contributed by atoms with E-state index in [2.05, 4.69) is 39.8 Å². The molecule has 108 valence electrons. The lowest BCUT2D eigenvalue weighted by Gasteiger charge is -2.24. The third kappa shape index (κ3) is 3.03. The van der Waals surface area contributed by atoms with Crippen molar-refractivity contribution in [2.24, 2.45) is 10.8 Å². The predicted molar refractivity (Wildman–Crippen MR) is 90.3 cm³/mol. The van der Waals surface area contributed by atoms with Crippen LogP contribution in [0.2, 0.25) is 0 Å². The van der Waals surface area contributed by atoms with E-state index < -0.39 is 0 Å². The molecule has 5 heteroatoms. The number of aromatic nitrogens is 1. The number of rotatable bonds is 2. The topological polar surface area (TPSA) is 63.3 Å². The van der Waals surface area contributed by atoms with E-state index in [0.29, 0.717) is 0 Å². The van der Waals surface area contributed by atoms with Gasteiger partial charge in [-0.1, -0.05) is 30.7 Å². The Labute approximate surface area is 129 Å². The lowest BCUT2D eigenvalue weighted by atomic mass is 9.83. The maximum atomic E-state index is 5.48. The molecular weight excluding hydrogens is 280 g/mol. The Morgan fingerprint density at radius 2 is 2.14 bits per heavy atom. The fraction of sp³-hybridized carbons (Fsp3) is 0.312. The van der Waals surface area contributed by atoms with Crippen LogP contribution in [0.3, 0.4) is 0 Å². The molecule has 1 aromatic heterocycles. The summed E-state index contributed by atoms with van der Waals surface area (Å²) in [5.74, 6) is 0.242. The molecule has 1 aliphatic rings. The molecule has 1 saturated carbocycles. The zero-order valence-corrected chi connectivity index (χ0v) is 12.6. The molecule has 0 bridgehead atoms. The molecule has 0 amide bonds. The monoisotopic (exact) mass is 298 g/mol. The number of hydrazone groups is 1. The van der Waals surface area contributed by atoms with Gasteiger partial charge in [-0.3, -0.25) is 10.4 Å². The Balaban J connectivity index is 2.02. The van der Waals surface area contributed by atoms with Crippen LogP contribution in [-0.2, 0) is 0 Å². The highest BCUT2D eigenvalue weighted by atomic mass is 32.1. The molecule has 3 rings (SSSR count). The highest BCUT2D eigenvalue weighted by Gasteiger charge is 2.25. The van der Waals surface area contributed by atoms with Crippen molar-refractivity contribution in [1.82, 2.24) is 10.4 Å². The van der Waals surface area contributed by atoms with Crippen LogP contribution >= 0.6 is 12.2 Å². The minimum Gasteiger partial charge on any atom is -0.375 e. The second kappa shape index (κ2) is 6.18. The Bertz CT molecular complexity index is 690. The van der Waals surface area contributed by atoms with Gasteiger partial charge in [0.05, 0.1) is 5.69 Å². The van der Waals surface area contributed by atoms with E-state index in [9.17, 15) is 0 Å². The summed E-state index contributed by atoms with van der Waals surface area (Å²) in [5.41, 5.74) is 10.4. The van der Waals surface area contributed by atoms with Crippen molar-refractivity contribution in [3.05, 3.63) is 42.2 Å². The third-order valence-corrected chi connectivity index (χ3v) is 4.01. The van der Waals surface area contributed by atoms with Crippen LogP contribution in [0.1, 0.15) is 37.3 Å². The normalized spacial score (nSPS) is 20.6. The molecule has 0 spiro atoms. The third-order valence-electron chi connectivity index (χ3n) is 3.92. The number of hydrogen-bond acceptors (Lipinski definition) is 3. The van der Waals surface area contributed by atoms with E-state index in [1.807, 2.05) is 12.3 Å². The minimum atomic E-state index is 0.206. The van der Waals surface area contributed by atoms with E-state index in [0.717, 1.165) is 30.7 Å². The van der Waals surface area contributed by atoms with E-state index in [1.54, 1.807) is 0 Å². The average Bonchev–Trinajstić information content (AvgIpc) is 2.53. The second-order valence-electron chi connectivity index (χ2n) is 5.29. The maximum Gasteiger partial charge on any atom is 0.184 e. The maximum absolute atomic E-state index is 5.48. The Kier molecular flexibility index (Phi) is 4.10. The number of thiocarbonyl (C=S) groups is 1. The quantitative estimate of drug-likeness (QED) is 0.660. The number of fused-ring (bicyclic) bond motifs is 1. The van der Waals surface area contributed by atoms with E-state index >= 15 is 0 Å². The van der Waals surface area contributed by atoms with Gasteiger partial charge in [0.25, 0.3) is 0 Å². The molecule has 1 fully saturated rings. The predicted octanol–water partition coefficient (Wildman–Crippen LogP) is 3.08. The number of nitrogens with two attached hydrogens (primary N) is 1. The fourth-order valence-corrected chi connectivity index (χ4v) is 3.02. The molecule has 21 heavy (non-hydrogen) atoms. The van der Waals surface area contributed by atoms with Gasteiger partial charge in [-0.2, -0.15) is 5.10 Å². The van der Waals surface area contributed by atoms with E-state index in [-0.39, 0.29) is 11.0 Å². The summed E-state index contributed by atoms with van der Waals surface area (Å²) >= 11 is 4.84. The Hall–Kier alpha value is -2.01. The SMILES string of the molecule is NC(=S)NN=C1CCCCC1c1nccc2ccccc12. The largest absolute Gasteiger partial charge is 0.375 e. The van der Waals surface area contributed by atoms with Crippen molar-refractivity contribution in [1.29, 1.82) is 0 Å². The molecule has 4 nitrogen and oxygen atoms in total. The fourth-order valence-electron chi connectivity index (χ4n) is 2.97. The molecule has 0 aliphatic heterocycles. The second-order valence-corrected chi connectivity index (χ2v) is 5.73. The highest BCUT2D eigenvalue weighted by Crippen LogP contribution is 2.33. The number of nitrogens with one attached hydrogen (secondary N) is 1. The van der Waals surface area contributed by atoms with E-state index in [1.165, 1.54) is 17.2 Å². The molecular formula is C16H18N4S. The van der Waals surface area contributed by atoms with Gasteiger partial charge in [0.1, 0.15) is 0 Å². The first-order valence-electron chi connectivity index (χ1n) is 7.21. The summed E-state index contributed by atoms with van der Waals surface area (Å²) in [6, 6.07) is 10.4. The first-order valence-corrected chi connectivity index (χ1v) is 7.62. The number of benzene rings is 1. The Morgan fingerprint density at radius 1 is 1.29 bits per heavy atom. The number of pyridine rings is 1. The minimum absolute atomic E-state index is 0.206. The number of nitrogens with zero attached hydrogens (tertiary/aromatic N) is 2. The van der Waals surface area contributed by atoms with Gasteiger partial charge in [0.15, 0.2) is 5.11 Å². The molecule has 1 atom stereocenters. The highest BCUT2D eigenvalue weighted by molar-refractivity contribution is 7.80. The summed E-state index contributed by atoms with van der Waals surface area (Å²) in [7, 11) is 0. The van der Waals surface area contributed by atoms with Crippen LogP contribution in [0.4, 0.5) is 0 Å². The lowest BCUT2D eigenvalue weighted by molar-refractivity contribution is 0.602. The van der Waals surface area contributed by atoms with Gasteiger partial charge in [0.2, 0.25) is 0 Å². The first-order chi connectivity index (χ1) is 10.3. The molecule has 1 aromatic carbocycles. The molecule has 1 unspecified atom stereocenters. The van der Waals surface area contributed by atoms with Crippen LogP contribution < -0.4 is 11.2 Å². The van der Waals surface area contributed by atoms with Gasteiger partial charge in [-0.15, -0.1) is 0 Å². The van der Waals surface area contributed by atoms with Crippen molar-refractivity contribution in [2.75, 3.05) is 0 Å². The molecule has 2 aromatic rings. The molecule has 3 N–H and O–H groups in total. The van der Waals surface area contributed by atoms with Crippen molar-refractivity contribution in [3.63, 3.8) is 0 Å².